The number of hydrogen-bond donors (Lipinski definition) is 2. The van der Waals surface area contributed by atoms with Gasteiger partial charge in [0.05, 0.1) is 11.3 Å². The van der Waals surface area contributed by atoms with Crippen LogP contribution in [-0.2, 0) is 0 Å². The molecule has 1 amide bonds. The van der Waals surface area contributed by atoms with Gasteiger partial charge in [0.15, 0.2) is 0 Å². The van der Waals surface area contributed by atoms with Crippen LogP contribution in [-0.4, -0.2) is 10.9 Å². The average molecular weight is 321 g/mol. The van der Waals surface area contributed by atoms with Gasteiger partial charge in [0.25, 0.3) is 5.91 Å². The number of nitrogens with one attached hydrogen (secondary N) is 2. The van der Waals surface area contributed by atoms with Gasteiger partial charge in [-0.05, 0) is 43.3 Å². The third kappa shape index (κ3) is 3.57. The second-order valence-electron chi connectivity index (χ2n) is 5.32. The van der Waals surface area contributed by atoms with Crippen LogP contribution in [0, 0.1) is 12.7 Å². The molecule has 2 aromatic carbocycles. The van der Waals surface area contributed by atoms with E-state index in [1.807, 2.05) is 31.2 Å². The van der Waals surface area contributed by atoms with Gasteiger partial charge in [0.1, 0.15) is 11.6 Å². The monoisotopic (exact) mass is 321 g/mol. The van der Waals surface area contributed by atoms with E-state index in [1.165, 1.54) is 12.1 Å². The zero-order valence-corrected chi connectivity index (χ0v) is 13.1. The van der Waals surface area contributed by atoms with Gasteiger partial charge in [-0.25, -0.2) is 9.37 Å². The van der Waals surface area contributed by atoms with Crippen LogP contribution >= 0.6 is 0 Å². The maximum Gasteiger partial charge on any atom is 0.259 e. The molecule has 0 unspecified atom stereocenters. The number of aryl methyl sites for hydroxylation is 1. The number of benzene rings is 2. The first-order valence-corrected chi connectivity index (χ1v) is 7.48. The van der Waals surface area contributed by atoms with Crippen molar-refractivity contribution in [2.45, 2.75) is 6.92 Å². The van der Waals surface area contributed by atoms with Crippen molar-refractivity contribution >= 4 is 23.1 Å². The third-order valence-electron chi connectivity index (χ3n) is 3.49. The fourth-order valence-corrected chi connectivity index (χ4v) is 2.21. The molecule has 0 spiro atoms. The summed E-state index contributed by atoms with van der Waals surface area (Å²) in [6.07, 6.45) is 1.59. The van der Waals surface area contributed by atoms with E-state index in [0.717, 1.165) is 11.3 Å². The molecule has 2 N–H and O–H groups in total. The molecular formula is C19H16FN3O. The van der Waals surface area contributed by atoms with Crippen molar-refractivity contribution in [3.8, 4) is 0 Å². The van der Waals surface area contributed by atoms with Crippen molar-refractivity contribution in [3.63, 3.8) is 0 Å². The topological polar surface area (TPSA) is 54.0 Å². The molecule has 0 saturated heterocycles. The summed E-state index contributed by atoms with van der Waals surface area (Å²) in [5.74, 6) is -0.499. The quantitative estimate of drug-likeness (QED) is 0.742. The molecule has 24 heavy (non-hydrogen) atoms. The van der Waals surface area contributed by atoms with E-state index in [4.69, 9.17) is 0 Å². The molecule has 0 bridgehead atoms. The second-order valence-corrected chi connectivity index (χ2v) is 5.32. The second kappa shape index (κ2) is 6.91. The SMILES string of the molecule is Cc1ccc(Nc2ncccc2C(=O)Nc2ccccc2F)cc1. The van der Waals surface area contributed by atoms with Crippen LogP contribution in [0.25, 0.3) is 0 Å². The molecule has 1 aromatic heterocycles. The van der Waals surface area contributed by atoms with Crippen LogP contribution in [0.1, 0.15) is 15.9 Å². The first-order chi connectivity index (χ1) is 11.6. The highest BCUT2D eigenvalue weighted by Gasteiger charge is 2.14. The number of aromatic nitrogens is 1. The maximum absolute atomic E-state index is 13.7. The molecule has 4 nitrogen and oxygen atoms in total. The van der Waals surface area contributed by atoms with E-state index in [-0.39, 0.29) is 5.69 Å². The van der Waals surface area contributed by atoms with Gasteiger partial charge in [0.2, 0.25) is 0 Å². The highest BCUT2D eigenvalue weighted by molar-refractivity contribution is 6.07. The van der Waals surface area contributed by atoms with Crippen molar-refractivity contribution in [1.82, 2.24) is 4.98 Å². The molecule has 120 valence electrons. The van der Waals surface area contributed by atoms with Crippen molar-refractivity contribution < 1.29 is 9.18 Å². The molecule has 3 aromatic rings. The van der Waals surface area contributed by atoms with E-state index in [2.05, 4.69) is 15.6 Å². The van der Waals surface area contributed by atoms with Gasteiger partial charge in [-0.15, -0.1) is 0 Å². The number of para-hydroxylation sites is 1. The predicted molar refractivity (Wildman–Crippen MR) is 93.1 cm³/mol. The van der Waals surface area contributed by atoms with Crippen LogP contribution < -0.4 is 10.6 Å². The maximum atomic E-state index is 13.7. The van der Waals surface area contributed by atoms with Crippen molar-refractivity contribution in [1.29, 1.82) is 0 Å². The summed E-state index contributed by atoms with van der Waals surface area (Å²) in [6, 6.07) is 17.1. The van der Waals surface area contributed by atoms with Gasteiger partial charge in [0, 0.05) is 11.9 Å². The minimum absolute atomic E-state index is 0.132. The fraction of sp³-hybridized carbons (Fsp3) is 0.0526. The lowest BCUT2D eigenvalue weighted by molar-refractivity contribution is 0.102. The number of pyridine rings is 1. The molecule has 0 radical (unpaired) electrons. The summed E-state index contributed by atoms with van der Waals surface area (Å²) in [5, 5.41) is 5.68. The number of amides is 1. The van der Waals surface area contributed by atoms with Gasteiger partial charge in [-0.3, -0.25) is 4.79 Å². The Kier molecular flexibility index (Phi) is 4.52. The first kappa shape index (κ1) is 15.7. The van der Waals surface area contributed by atoms with Gasteiger partial charge in [-0.2, -0.15) is 0 Å². The standard InChI is InChI=1S/C19H16FN3O/c1-13-8-10-14(11-9-13)22-18-15(5-4-12-21-18)19(24)23-17-7-3-2-6-16(17)20/h2-12H,1H3,(H,21,22)(H,23,24). The molecule has 0 atom stereocenters. The number of carbonyl (C=O) groups excluding carboxylic acids is 1. The van der Waals surface area contributed by atoms with E-state index < -0.39 is 11.7 Å². The Balaban J connectivity index is 1.84. The Morgan fingerprint density at radius 1 is 1.00 bits per heavy atom. The first-order valence-electron chi connectivity index (χ1n) is 7.48. The zero-order chi connectivity index (χ0) is 16.9. The molecule has 0 aliphatic carbocycles. The Morgan fingerprint density at radius 3 is 2.50 bits per heavy atom. The highest BCUT2D eigenvalue weighted by Crippen LogP contribution is 2.21. The van der Waals surface area contributed by atoms with Crippen LogP contribution in [0.2, 0.25) is 0 Å². The Bertz CT molecular complexity index is 862. The average Bonchev–Trinajstić information content (AvgIpc) is 2.59. The van der Waals surface area contributed by atoms with Crippen molar-refractivity contribution in [2.75, 3.05) is 10.6 Å². The minimum atomic E-state index is -0.484. The van der Waals surface area contributed by atoms with Crippen LogP contribution in [0.4, 0.5) is 21.6 Å². The van der Waals surface area contributed by atoms with Crippen LogP contribution in [0.15, 0.2) is 66.9 Å². The molecule has 0 aliphatic heterocycles. The van der Waals surface area contributed by atoms with Crippen LogP contribution in [0.3, 0.4) is 0 Å². The number of hydrogen-bond acceptors (Lipinski definition) is 3. The summed E-state index contributed by atoms with van der Waals surface area (Å²) >= 11 is 0. The van der Waals surface area contributed by atoms with E-state index in [1.54, 1.807) is 30.5 Å². The van der Waals surface area contributed by atoms with Crippen molar-refractivity contribution in [2.24, 2.45) is 0 Å². The summed E-state index contributed by atoms with van der Waals surface area (Å²) in [7, 11) is 0. The van der Waals surface area contributed by atoms with E-state index in [0.29, 0.717) is 11.4 Å². The lowest BCUT2D eigenvalue weighted by Gasteiger charge is -2.11. The van der Waals surface area contributed by atoms with E-state index >= 15 is 0 Å². The smallest absolute Gasteiger partial charge is 0.259 e. The van der Waals surface area contributed by atoms with Gasteiger partial charge in [-0.1, -0.05) is 29.8 Å². The summed E-state index contributed by atoms with van der Waals surface area (Å²) in [4.78, 5) is 16.7. The van der Waals surface area contributed by atoms with Crippen molar-refractivity contribution in [3.05, 3.63) is 83.8 Å². The summed E-state index contributed by atoms with van der Waals surface area (Å²) < 4.78 is 13.7. The largest absolute Gasteiger partial charge is 0.340 e. The summed E-state index contributed by atoms with van der Waals surface area (Å²) in [5.41, 5.74) is 2.42. The number of carbonyl (C=O) groups is 1. The number of halogens is 1. The lowest BCUT2D eigenvalue weighted by Crippen LogP contribution is -2.15. The highest BCUT2D eigenvalue weighted by atomic mass is 19.1. The molecule has 0 fully saturated rings. The minimum Gasteiger partial charge on any atom is -0.340 e. The lowest BCUT2D eigenvalue weighted by atomic mass is 10.2. The third-order valence-corrected chi connectivity index (χ3v) is 3.49. The molecule has 0 aliphatic rings. The molecule has 3 rings (SSSR count). The van der Waals surface area contributed by atoms with Crippen LogP contribution in [0.5, 0.6) is 0 Å². The Morgan fingerprint density at radius 2 is 1.75 bits per heavy atom. The Hall–Kier alpha value is -3.21. The van der Waals surface area contributed by atoms with E-state index in [9.17, 15) is 9.18 Å². The number of anilines is 3. The fourth-order valence-electron chi connectivity index (χ4n) is 2.21. The van der Waals surface area contributed by atoms with Gasteiger partial charge >= 0.3 is 0 Å². The normalized spacial score (nSPS) is 10.2. The number of rotatable bonds is 4. The molecule has 5 heteroatoms. The summed E-state index contributed by atoms with van der Waals surface area (Å²) in [6.45, 7) is 2.00. The Labute approximate surface area is 139 Å². The van der Waals surface area contributed by atoms with Gasteiger partial charge < -0.3 is 10.6 Å². The zero-order valence-electron chi connectivity index (χ0n) is 13.1. The molecule has 1 heterocycles. The number of nitrogens with zero attached hydrogens (tertiary/aromatic N) is 1. The molecular weight excluding hydrogens is 305 g/mol. The molecule has 0 saturated carbocycles. The predicted octanol–water partition coefficient (Wildman–Crippen LogP) is 4.53.